The number of aromatic nitrogens is 3. The van der Waals surface area contributed by atoms with Crippen LogP contribution in [-0.2, 0) is 11.8 Å². The lowest BCUT2D eigenvalue weighted by molar-refractivity contribution is -0.113. The van der Waals surface area contributed by atoms with Gasteiger partial charge in [0.05, 0.1) is 25.7 Å². The summed E-state index contributed by atoms with van der Waals surface area (Å²) in [7, 11) is 9.01. The van der Waals surface area contributed by atoms with Crippen molar-refractivity contribution in [3.8, 4) is 22.9 Å². The number of anilines is 2. The highest BCUT2D eigenvalue weighted by molar-refractivity contribution is 7.99. The maximum Gasteiger partial charge on any atom is 0.234 e. The Bertz CT molecular complexity index is 1040. The number of carbonyl (C=O) groups is 1. The molecule has 0 radical (unpaired) electrons. The van der Waals surface area contributed by atoms with Crippen molar-refractivity contribution >= 4 is 29.0 Å². The molecule has 1 heterocycles. The van der Waals surface area contributed by atoms with Gasteiger partial charge in [-0.15, -0.1) is 10.2 Å². The summed E-state index contributed by atoms with van der Waals surface area (Å²) in [6, 6.07) is 13.3. The highest BCUT2D eigenvalue weighted by atomic mass is 32.2. The lowest BCUT2D eigenvalue weighted by atomic mass is 10.2. The molecule has 0 unspecified atom stereocenters. The van der Waals surface area contributed by atoms with Crippen molar-refractivity contribution in [1.29, 1.82) is 0 Å². The molecule has 0 bridgehead atoms. The zero-order valence-corrected chi connectivity index (χ0v) is 18.5. The van der Waals surface area contributed by atoms with Gasteiger partial charge in [0, 0.05) is 38.5 Å². The summed E-state index contributed by atoms with van der Waals surface area (Å²) < 4.78 is 12.4. The molecule has 30 heavy (non-hydrogen) atoms. The number of nitrogens with one attached hydrogen (secondary N) is 1. The molecule has 0 aliphatic carbocycles. The first kappa shape index (κ1) is 21.5. The van der Waals surface area contributed by atoms with Crippen LogP contribution in [0.15, 0.2) is 47.6 Å². The van der Waals surface area contributed by atoms with E-state index in [1.165, 1.54) is 11.8 Å². The number of benzene rings is 2. The molecule has 0 saturated heterocycles. The minimum absolute atomic E-state index is 0.164. The summed E-state index contributed by atoms with van der Waals surface area (Å²) in [5.41, 5.74) is 2.64. The van der Waals surface area contributed by atoms with E-state index in [0.29, 0.717) is 22.3 Å². The third-order valence-electron chi connectivity index (χ3n) is 4.47. The second kappa shape index (κ2) is 9.53. The second-order valence-corrected chi connectivity index (χ2v) is 7.66. The number of hydrogen-bond acceptors (Lipinski definition) is 7. The summed E-state index contributed by atoms with van der Waals surface area (Å²) in [5, 5.41) is 12.1. The van der Waals surface area contributed by atoms with Gasteiger partial charge >= 0.3 is 0 Å². The lowest BCUT2D eigenvalue weighted by Gasteiger charge is -2.13. The second-order valence-electron chi connectivity index (χ2n) is 6.71. The topological polar surface area (TPSA) is 81.5 Å². The summed E-state index contributed by atoms with van der Waals surface area (Å²) in [6.45, 7) is 0. The summed E-state index contributed by atoms with van der Waals surface area (Å²) in [5.74, 6) is 1.97. The van der Waals surface area contributed by atoms with Gasteiger partial charge in [-0.2, -0.15) is 0 Å². The van der Waals surface area contributed by atoms with Crippen molar-refractivity contribution in [3.05, 3.63) is 42.5 Å². The lowest BCUT2D eigenvalue weighted by Crippen LogP contribution is -2.15. The van der Waals surface area contributed by atoms with Crippen LogP contribution in [0, 0.1) is 0 Å². The van der Waals surface area contributed by atoms with Crippen molar-refractivity contribution in [2.75, 3.05) is 44.3 Å². The van der Waals surface area contributed by atoms with Crippen molar-refractivity contribution in [3.63, 3.8) is 0 Å². The van der Waals surface area contributed by atoms with Gasteiger partial charge in [-0.3, -0.25) is 4.79 Å². The van der Waals surface area contributed by atoms with Gasteiger partial charge < -0.3 is 24.3 Å². The van der Waals surface area contributed by atoms with Gasteiger partial charge in [0.25, 0.3) is 0 Å². The van der Waals surface area contributed by atoms with E-state index in [1.54, 1.807) is 32.4 Å². The van der Waals surface area contributed by atoms with Crippen molar-refractivity contribution in [2.45, 2.75) is 5.16 Å². The Morgan fingerprint density at radius 2 is 1.93 bits per heavy atom. The first-order chi connectivity index (χ1) is 14.4. The van der Waals surface area contributed by atoms with E-state index in [0.717, 1.165) is 17.1 Å². The van der Waals surface area contributed by atoms with Crippen LogP contribution in [0.1, 0.15) is 0 Å². The third-order valence-corrected chi connectivity index (χ3v) is 5.49. The van der Waals surface area contributed by atoms with Crippen LogP contribution in [0.5, 0.6) is 11.5 Å². The van der Waals surface area contributed by atoms with Gasteiger partial charge in [0.1, 0.15) is 11.5 Å². The third kappa shape index (κ3) is 4.85. The first-order valence-corrected chi connectivity index (χ1v) is 10.2. The first-order valence-electron chi connectivity index (χ1n) is 9.24. The van der Waals surface area contributed by atoms with Gasteiger partial charge in [-0.1, -0.05) is 23.9 Å². The average molecular weight is 428 g/mol. The predicted molar refractivity (Wildman–Crippen MR) is 120 cm³/mol. The number of amides is 1. The van der Waals surface area contributed by atoms with E-state index in [9.17, 15) is 4.79 Å². The fraction of sp³-hybridized carbons (Fsp3) is 0.286. The maximum absolute atomic E-state index is 12.4. The molecule has 0 aliphatic heterocycles. The number of hydrogen-bond donors (Lipinski definition) is 1. The normalized spacial score (nSPS) is 10.6. The smallest absolute Gasteiger partial charge is 0.234 e. The Kier molecular flexibility index (Phi) is 6.83. The molecule has 158 valence electrons. The van der Waals surface area contributed by atoms with Gasteiger partial charge in [0.2, 0.25) is 5.91 Å². The molecule has 0 atom stereocenters. The number of methoxy groups -OCH3 is 2. The van der Waals surface area contributed by atoms with E-state index in [2.05, 4.69) is 21.6 Å². The molecule has 1 aromatic heterocycles. The molecule has 0 fully saturated rings. The highest BCUT2D eigenvalue weighted by Gasteiger charge is 2.15. The van der Waals surface area contributed by atoms with Gasteiger partial charge in [-0.25, -0.2) is 0 Å². The SMILES string of the molecule is COc1ccc(NC(=O)CSc2nnc(-c3cccc(N(C)C)c3)n2C)c(OC)c1. The van der Waals surface area contributed by atoms with E-state index in [-0.39, 0.29) is 11.7 Å². The molecule has 1 amide bonds. The average Bonchev–Trinajstić information content (AvgIpc) is 3.12. The minimum atomic E-state index is -0.164. The number of ether oxygens (including phenoxy) is 2. The molecule has 0 spiro atoms. The Balaban J connectivity index is 1.67. The van der Waals surface area contributed by atoms with Gasteiger partial charge in [-0.05, 0) is 24.3 Å². The molecule has 3 aromatic rings. The van der Waals surface area contributed by atoms with Crippen LogP contribution in [0.3, 0.4) is 0 Å². The quantitative estimate of drug-likeness (QED) is 0.553. The Hall–Kier alpha value is -3.20. The summed E-state index contributed by atoms with van der Waals surface area (Å²) in [6.07, 6.45) is 0. The van der Waals surface area contributed by atoms with Crippen LogP contribution < -0.4 is 19.7 Å². The molecule has 0 saturated carbocycles. The molecular weight excluding hydrogens is 402 g/mol. The molecule has 1 N–H and O–H groups in total. The van der Waals surface area contributed by atoms with E-state index < -0.39 is 0 Å². The van der Waals surface area contributed by atoms with Crippen LogP contribution >= 0.6 is 11.8 Å². The Morgan fingerprint density at radius 3 is 2.63 bits per heavy atom. The molecule has 0 aliphatic rings. The van der Waals surface area contributed by atoms with E-state index in [4.69, 9.17) is 9.47 Å². The molecular formula is C21H25N5O3S. The molecule has 2 aromatic carbocycles. The number of thioether (sulfide) groups is 1. The number of carbonyl (C=O) groups excluding carboxylic acids is 1. The van der Waals surface area contributed by atoms with Crippen molar-refractivity contribution < 1.29 is 14.3 Å². The van der Waals surface area contributed by atoms with Crippen LogP contribution in [-0.4, -0.2) is 54.7 Å². The Morgan fingerprint density at radius 1 is 1.13 bits per heavy atom. The number of rotatable bonds is 8. The highest BCUT2D eigenvalue weighted by Crippen LogP contribution is 2.30. The minimum Gasteiger partial charge on any atom is -0.497 e. The van der Waals surface area contributed by atoms with Crippen LogP contribution in [0.2, 0.25) is 0 Å². The zero-order chi connectivity index (χ0) is 21.7. The molecule has 8 nitrogen and oxygen atoms in total. The zero-order valence-electron chi connectivity index (χ0n) is 17.7. The van der Waals surface area contributed by atoms with E-state index >= 15 is 0 Å². The fourth-order valence-electron chi connectivity index (χ4n) is 2.83. The van der Waals surface area contributed by atoms with E-state index in [1.807, 2.05) is 48.8 Å². The maximum atomic E-state index is 12.4. The Labute approximate surface area is 180 Å². The molecule has 3 rings (SSSR count). The largest absolute Gasteiger partial charge is 0.497 e. The standard InChI is InChI=1S/C21H25N5O3S/c1-25(2)15-8-6-7-14(11-15)20-23-24-21(26(20)3)30-13-19(27)22-17-10-9-16(28-4)12-18(17)29-5/h6-12H,13H2,1-5H3,(H,22,27). The number of nitrogens with zero attached hydrogens (tertiary/aromatic N) is 4. The predicted octanol–water partition coefficient (Wildman–Crippen LogP) is 3.30. The summed E-state index contributed by atoms with van der Waals surface area (Å²) >= 11 is 1.32. The fourth-order valence-corrected chi connectivity index (χ4v) is 3.54. The van der Waals surface area contributed by atoms with Crippen LogP contribution in [0.25, 0.3) is 11.4 Å². The van der Waals surface area contributed by atoms with Crippen molar-refractivity contribution in [1.82, 2.24) is 14.8 Å². The molecule has 9 heteroatoms. The monoisotopic (exact) mass is 427 g/mol. The van der Waals surface area contributed by atoms with Crippen molar-refractivity contribution in [2.24, 2.45) is 7.05 Å². The van der Waals surface area contributed by atoms with Gasteiger partial charge in [0.15, 0.2) is 11.0 Å². The summed E-state index contributed by atoms with van der Waals surface area (Å²) in [4.78, 5) is 14.5. The van der Waals surface area contributed by atoms with Crippen LogP contribution in [0.4, 0.5) is 11.4 Å².